The summed E-state index contributed by atoms with van der Waals surface area (Å²) >= 11 is 1.26. The predicted octanol–water partition coefficient (Wildman–Crippen LogP) is 2.77. The molecule has 11 nitrogen and oxygen atoms in total. The highest BCUT2D eigenvalue weighted by Gasteiger charge is 2.61. The van der Waals surface area contributed by atoms with Crippen LogP contribution in [0, 0.1) is 29.6 Å². The van der Waals surface area contributed by atoms with E-state index in [9.17, 15) is 28.8 Å². The van der Waals surface area contributed by atoms with E-state index in [0.717, 1.165) is 0 Å². The molecule has 234 valence electrons. The molecule has 2 aliphatic rings. The number of nitrogens with one attached hydrogen (secondary N) is 1. The van der Waals surface area contributed by atoms with Gasteiger partial charge >= 0.3 is 17.6 Å². The molecular formula is C30H44N2O9S. The van der Waals surface area contributed by atoms with Crippen LogP contribution >= 0.6 is 11.8 Å². The lowest BCUT2D eigenvalue weighted by molar-refractivity contribution is -0.183. The SMILES string of the molecule is CCC1OC(=O)C(C)C(=O)C(C)CC(C)(OC)CC(C)C(=O)C(C)C2C(SCCn3ccc(=O)[nH]c3=O)C(=O)OC12C. The van der Waals surface area contributed by atoms with Gasteiger partial charge in [0.25, 0.3) is 5.56 Å². The van der Waals surface area contributed by atoms with Gasteiger partial charge in [0.05, 0.1) is 5.60 Å². The maximum Gasteiger partial charge on any atom is 0.328 e. The number of cyclic esters (lactones) is 1. The van der Waals surface area contributed by atoms with Crippen LogP contribution in [0.5, 0.6) is 0 Å². The van der Waals surface area contributed by atoms with E-state index in [4.69, 9.17) is 14.2 Å². The zero-order chi connectivity index (χ0) is 31.6. The molecule has 0 aliphatic carbocycles. The molecule has 0 radical (unpaired) electrons. The summed E-state index contributed by atoms with van der Waals surface area (Å²) in [7, 11) is 1.55. The van der Waals surface area contributed by atoms with Gasteiger partial charge in [-0.2, -0.15) is 0 Å². The number of nitrogens with zero attached hydrogens (tertiary/aromatic N) is 1. The van der Waals surface area contributed by atoms with Gasteiger partial charge in [0.15, 0.2) is 5.60 Å². The van der Waals surface area contributed by atoms with Gasteiger partial charge in [-0.1, -0.05) is 27.7 Å². The van der Waals surface area contributed by atoms with Crippen molar-refractivity contribution in [3.63, 3.8) is 0 Å². The largest absolute Gasteiger partial charge is 0.458 e. The Balaban J connectivity index is 2.02. The fourth-order valence-corrected chi connectivity index (χ4v) is 8.12. The molecular weight excluding hydrogens is 564 g/mol. The molecule has 3 rings (SSSR count). The average molecular weight is 609 g/mol. The number of aromatic nitrogens is 2. The van der Waals surface area contributed by atoms with Gasteiger partial charge in [0, 0.05) is 55.3 Å². The van der Waals surface area contributed by atoms with Crippen molar-refractivity contribution in [2.24, 2.45) is 29.6 Å². The highest BCUT2D eigenvalue weighted by atomic mass is 32.2. The topological polar surface area (TPSA) is 151 Å². The van der Waals surface area contributed by atoms with Crippen molar-refractivity contribution in [1.82, 2.24) is 9.55 Å². The molecule has 1 aromatic heterocycles. The molecule has 0 amide bonds. The number of methoxy groups -OCH3 is 1. The molecule has 2 saturated heterocycles. The number of thioether (sulfide) groups is 1. The summed E-state index contributed by atoms with van der Waals surface area (Å²) in [4.78, 5) is 79.7. The predicted molar refractivity (Wildman–Crippen MR) is 157 cm³/mol. The van der Waals surface area contributed by atoms with Crippen LogP contribution in [-0.4, -0.2) is 68.5 Å². The van der Waals surface area contributed by atoms with Crippen LogP contribution in [0.15, 0.2) is 21.9 Å². The number of rotatable bonds is 6. The Morgan fingerprint density at radius 1 is 1.00 bits per heavy atom. The van der Waals surface area contributed by atoms with Crippen molar-refractivity contribution in [2.75, 3.05) is 12.9 Å². The lowest BCUT2D eigenvalue weighted by Gasteiger charge is -2.41. The molecule has 0 saturated carbocycles. The Kier molecular flexibility index (Phi) is 10.7. The molecule has 1 N–H and O–H groups in total. The number of carbonyl (C=O) groups is 4. The van der Waals surface area contributed by atoms with Gasteiger partial charge in [-0.25, -0.2) is 4.79 Å². The number of H-pyrrole nitrogens is 1. The van der Waals surface area contributed by atoms with Crippen molar-refractivity contribution in [3.8, 4) is 0 Å². The number of aryl methyl sites for hydroxylation is 1. The Morgan fingerprint density at radius 3 is 2.19 bits per heavy atom. The van der Waals surface area contributed by atoms with Crippen LogP contribution in [0.3, 0.4) is 0 Å². The van der Waals surface area contributed by atoms with Crippen LogP contribution in [-0.2, 0) is 39.9 Å². The van der Waals surface area contributed by atoms with Crippen molar-refractivity contribution < 1.29 is 33.4 Å². The first kappa shape index (κ1) is 33.8. The zero-order valence-corrected chi connectivity index (χ0v) is 26.6. The van der Waals surface area contributed by atoms with Gasteiger partial charge in [-0.3, -0.25) is 33.5 Å². The third-order valence-electron chi connectivity index (χ3n) is 9.04. The number of esters is 2. The summed E-state index contributed by atoms with van der Waals surface area (Å²) in [6, 6.07) is 1.24. The number of aromatic amines is 1. The first-order valence-electron chi connectivity index (χ1n) is 14.6. The van der Waals surface area contributed by atoms with Gasteiger partial charge < -0.3 is 14.2 Å². The number of Topliss-reactive ketones (excluding diaryl/α,β-unsaturated/α-hetero) is 2. The van der Waals surface area contributed by atoms with Crippen LogP contribution in [0.2, 0.25) is 0 Å². The lowest BCUT2D eigenvalue weighted by Crippen LogP contribution is -2.53. The second kappa shape index (κ2) is 13.3. The number of ether oxygens (including phenoxy) is 3. The molecule has 42 heavy (non-hydrogen) atoms. The van der Waals surface area contributed by atoms with E-state index < -0.39 is 75.3 Å². The summed E-state index contributed by atoms with van der Waals surface area (Å²) in [6.45, 7) is 12.4. The van der Waals surface area contributed by atoms with E-state index in [-0.39, 0.29) is 18.1 Å². The second-order valence-corrected chi connectivity index (χ2v) is 13.5. The van der Waals surface area contributed by atoms with Crippen molar-refractivity contribution >= 4 is 35.3 Å². The fourth-order valence-electron chi connectivity index (χ4n) is 6.66. The zero-order valence-electron chi connectivity index (χ0n) is 25.8. The van der Waals surface area contributed by atoms with E-state index in [1.54, 1.807) is 34.8 Å². The summed E-state index contributed by atoms with van der Waals surface area (Å²) < 4.78 is 19.1. The van der Waals surface area contributed by atoms with E-state index in [1.807, 2.05) is 13.8 Å². The number of fused-ring (bicyclic) bond motifs is 1. The molecule has 0 aromatic carbocycles. The molecule has 3 heterocycles. The Labute approximate surface area is 250 Å². The van der Waals surface area contributed by atoms with E-state index in [1.165, 1.54) is 35.5 Å². The quantitative estimate of drug-likeness (QED) is 0.377. The van der Waals surface area contributed by atoms with Gasteiger partial charge in [-0.15, -0.1) is 11.8 Å². The average Bonchev–Trinajstić information content (AvgIpc) is 3.19. The standard InChI is InChI=1S/C30H44N2O9S/c1-9-20-30(7)22(25(27(37)41-30)42-13-12-32-11-10-21(33)31-28(32)38)18(4)23(34)16(2)14-29(6,39-8)15-17(3)24(35)19(5)26(36)40-20/h10-11,16-20,22,25H,9,12-15H2,1-8H3,(H,31,33,38). The molecule has 2 fully saturated rings. The number of ketones is 2. The number of hydrogen-bond donors (Lipinski definition) is 1. The van der Waals surface area contributed by atoms with E-state index in [0.29, 0.717) is 25.0 Å². The minimum Gasteiger partial charge on any atom is -0.458 e. The van der Waals surface area contributed by atoms with Crippen LogP contribution in [0.4, 0.5) is 0 Å². The van der Waals surface area contributed by atoms with E-state index in [2.05, 4.69) is 4.98 Å². The molecule has 12 heteroatoms. The normalized spacial score (nSPS) is 36.6. The van der Waals surface area contributed by atoms with Crippen molar-refractivity contribution in [2.45, 2.75) is 96.8 Å². The molecule has 0 spiro atoms. The summed E-state index contributed by atoms with van der Waals surface area (Å²) in [5.41, 5.74) is -3.21. The first-order chi connectivity index (χ1) is 19.6. The van der Waals surface area contributed by atoms with Crippen molar-refractivity contribution in [1.29, 1.82) is 0 Å². The highest BCUT2D eigenvalue weighted by molar-refractivity contribution is 8.00. The molecule has 1 aromatic rings. The lowest BCUT2D eigenvalue weighted by atomic mass is 9.70. The van der Waals surface area contributed by atoms with Crippen LogP contribution in [0.1, 0.15) is 67.7 Å². The Hall–Kier alpha value is -2.73. The molecule has 2 aliphatic heterocycles. The van der Waals surface area contributed by atoms with Crippen LogP contribution in [0.25, 0.3) is 0 Å². The van der Waals surface area contributed by atoms with Crippen LogP contribution < -0.4 is 11.2 Å². The molecule has 9 unspecified atom stereocenters. The smallest absolute Gasteiger partial charge is 0.328 e. The minimum absolute atomic E-state index is 0.0826. The summed E-state index contributed by atoms with van der Waals surface area (Å²) in [6.07, 6.45) is 1.47. The maximum atomic E-state index is 14.0. The summed E-state index contributed by atoms with van der Waals surface area (Å²) in [5, 5.41) is -0.784. The molecule has 0 bridgehead atoms. The van der Waals surface area contributed by atoms with Gasteiger partial charge in [-0.05, 0) is 40.0 Å². The van der Waals surface area contributed by atoms with Crippen molar-refractivity contribution in [3.05, 3.63) is 33.1 Å². The summed E-state index contributed by atoms with van der Waals surface area (Å²) in [5.74, 6) is -4.61. The Bertz CT molecular complexity index is 1310. The first-order valence-corrected chi connectivity index (χ1v) is 15.6. The van der Waals surface area contributed by atoms with Gasteiger partial charge in [0.1, 0.15) is 28.8 Å². The third-order valence-corrected chi connectivity index (χ3v) is 10.3. The minimum atomic E-state index is -1.34. The number of carbonyl (C=O) groups excluding carboxylic acids is 4. The Morgan fingerprint density at radius 2 is 1.62 bits per heavy atom. The fraction of sp³-hybridized carbons (Fsp3) is 0.733. The number of hydrogen-bond acceptors (Lipinski definition) is 10. The third kappa shape index (κ3) is 6.90. The second-order valence-electron chi connectivity index (χ2n) is 12.2. The van der Waals surface area contributed by atoms with E-state index >= 15 is 0 Å². The molecule has 9 atom stereocenters. The monoisotopic (exact) mass is 608 g/mol. The maximum absolute atomic E-state index is 14.0. The highest BCUT2D eigenvalue weighted by Crippen LogP contribution is 2.48. The van der Waals surface area contributed by atoms with Gasteiger partial charge in [0.2, 0.25) is 0 Å².